The third kappa shape index (κ3) is 2.48. The van der Waals surface area contributed by atoms with Crippen LogP contribution in [0.15, 0.2) is 47.6 Å². The maximum absolute atomic E-state index is 13.8. The van der Waals surface area contributed by atoms with Crippen molar-refractivity contribution in [3.8, 4) is 5.75 Å². The van der Waals surface area contributed by atoms with E-state index in [-0.39, 0.29) is 28.9 Å². The predicted octanol–water partition coefficient (Wildman–Crippen LogP) is 2.88. The van der Waals surface area contributed by atoms with Crippen LogP contribution < -0.4 is 5.43 Å². The smallest absolute Gasteiger partial charge is 0.270 e. The minimum Gasteiger partial charge on any atom is -0.507 e. The van der Waals surface area contributed by atoms with Gasteiger partial charge in [0.25, 0.3) is 5.69 Å². The van der Waals surface area contributed by atoms with Gasteiger partial charge < -0.3 is 10.5 Å². The Kier molecular flexibility index (Phi) is 3.46. The van der Waals surface area contributed by atoms with Gasteiger partial charge in [0.2, 0.25) is 0 Å². The van der Waals surface area contributed by atoms with Crippen LogP contribution in [0.25, 0.3) is 0 Å². The van der Waals surface area contributed by atoms with Crippen LogP contribution in [0.1, 0.15) is 23.6 Å². The third-order valence-electron chi connectivity index (χ3n) is 3.54. The maximum Gasteiger partial charge on any atom is 0.270 e. The van der Waals surface area contributed by atoms with Crippen molar-refractivity contribution in [2.24, 2.45) is 5.10 Å². The molecule has 0 spiro atoms. The molecule has 0 aromatic heterocycles. The van der Waals surface area contributed by atoms with Gasteiger partial charge in [0, 0.05) is 29.7 Å². The van der Waals surface area contributed by atoms with E-state index in [0.29, 0.717) is 17.7 Å². The summed E-state index contributed by atoms with van der Waals surface area (Å²) in [4.78, 5) is 10.3. The zero-order chi connectivity index (χ0) is 15.7. The first-order chi connectivity index (χ1) is 10.6. The number of nitro benzene ring substituents is 1. The van der Waals surface area contributed by atoms with Gasteiger partial charge in [0.15, 0.2) is 0 Å². The Bertz CT molecular complexity index is 776. The molecule has 0 bridgehead atoms. The predicted molar refractivity (Wildman–Crippen MR) is 78.2 cm³/mol. The van der Waals surface area contributed by atoms with Crippen molar-refractivity contribution in [3.63, 3.8) is 0 Å². The molecule has 22 heavy (non-hydrogen) atoms. The molecule has 1 heterocycles. The number of phenols is 1. The Morgan fingerprint density at radius 3 is 2.82 bits per heavy atom. The van der Waals surface area contributed by atoms with E-state index in [1.54, 1.807) is 18.2 Å². The van der Waals surface area contributed by atoms with Crippen molar-refractivity contribution >= 4 is 11.4 Å². The quantitative estimate of drug-likeness (QED) is 0.674. The molecule has 2 aromatic carbocycles. The molecule has 112 valence electrons. The molecule has 0 unspecified atom stereocenters. The van der Waals surface area contributed by atoms with Crippen LogP contribution in [-0.4, -0.2) is 15.7 Å². The average Bonchev–Trinajstić information content (AvgIpc) is 2.97. The van der Waals surface area contributed by atoms with Crippen LogP contribution in [0.2, 0.25) is 0 Å². The Morgan fingerprint density at radius 2 is 2.09 bits per heavy atom. The molecule has 0 fully saturated rings. The number of aromatic hydroxyl groups is 1. The number of hydrazone groups is 1. The average molecular weight is 301 g/mol. The van der Waals surface area contributed by atoms with E-state index < -0.39 is 4.92 Å². The number of nitro groups is 1. The molecule has 0 radical (unpaired) electrons. The van der Waals surface area contributed by atoms with Crippen molar-refractivity contribution in [3.05, 3.63) is 69.5 Å². The second-order valence-corrected chi connectivity index (χ2v) is 4.92. The van der Waals surface area contributed by atoms with E-state index in [1.165, 1.54) is 24.3 Å². The van der Waals surface area contributed by atoms with Crippen LogP contribution in [0.4, 0.5) is 10.1 Å². The number of rotatable bonds is 3. The van der Waals surface area contributed by atoms with Crippen LogP contribution in [-0.2, 0) is 0 Å². The lowest BCUT2D eigenvalue weighted by Gasteiger charge is -2.11. The van der Waals surface area contributed by atoms with Crippen molar-refractivity contribution in [2.45, 2.75) is 12.5 Å². The largest absolute Gasteiger partial charge is 0.507 e. The highest BCUT2D eigenvalue weighted by atomic mass is 19.1. The van der Waals surface area contributed by atoms with Gasteiger partial charge in [0.05, 0.1) is 16.7 Å². The van der Waals surface area contributed by atoms with Gasteiger partial charge in [-0.05, 0) is 12.1 Å². The van der Waals surface area contributed by atoms with Crippen molar-refractivity contribution in [1.82, 2.24) is 5.43 Å². The summed E-state index contributed by atoms with van der Waals surface area (Å²) in [6.07, 6.45) is 0.329. The Hall–Kier alpha value is -2.96. The monoisotopic (exact) mass is 301 g/mol. The molecule has 1 aliphatic rings. The van der Waals surface area contributed by atoms with E-state index >= 15 is 0 Å². The number of hydrogen-bond acceptors (Lipinski definition) is 5. The lowest BCUT2D eigenvalue weighted by Crippen LogP contribution is -2.11. The lowest BCUT2D eigenvalue weighted by molar-refractivity contribution is -0.384. The van der Waals surface area contributed by atoms with Gasteiger partial charge in [-0.3, -0.25) is 10.1 Å². The van der Waals surface area contributed by atoms with Crippen molar-refractivity contribution in [2.75, 3.05) is 0 Å². The second-order valence-electron chi connectivity index (χ2n) is 4.92. The van der Waals surface area contributed by atoms with E-state index in [1.807, 2.05) is 0 Å². The fourth-order valence-corrected chi connectivity index (χ4v) is 2.42. The second kappa shape index (κ2) is 5.44. The SMILES string of the molecule is O=[N+]([O-])c1ccc(O)c(C2=NN[C@H](c3ccccc3F)C2)c1. The van der Waals surface area contributed by atoms with E-state index in [9.17, 15) is 19.6 Å². The summed E-state index contributed by atoms with van der Waals surface area (Å²) in [7, 11) is 0. The summed E-state index contributed by atoms with van der Waals surface area (Å²) >= 11 is 0. The molecule has 2 N–H and O–H groups in total. The Balaban J connectivity index is 1.88. The summed E-state index contributed by atoms with van der Waals surface area (Å²) < 4.78 is 13.8. The summed E-state index contributed by atoms with van der Waals surface area (Å²) in [6.45, 7) is 0. The van der Waals surface area contributed by atoms with Gasteiger partial charge in [0.1, 0.15) is 11.6 Å². The fourth-order valence-electron chi connectivity index (χ4n) is 2.42. The minimum atomic E-state index is -0.541. The summed E-state index contributed by atoms with van der Waals surface area (Å²) in [5, 5.41) is 24.8. The topological polar surface area (TPSA) is 87.8 Å². The highest BCUT2D eigenvalue weighted by Gasteiger charge is 2.26. The fraction of sp³-hybridized carbons (Fsp3) is 0.133. The third-order valence-corrected chi connectivity index (χ3v) is 3.54. The Labute approximate surface area is 125 Å². The van der Waals surface area contributed by atoms with E-state index in [0.717, 1.165) is 0 Å². The number of nitrogens with zero attached hydrogens (tertiary/aromatic N) is 2. The highest BCUT2D eigenvalue weighted by Crippen LogP contribution is 2.31. The molecule has 0 amide bonds. The van der Waals surface area contributed by atoms with E-state index in [2.05, 4.69) is 10.5 Å². The summed E-state index contributed by atoms with van der Waals surface area (Å²) in [6, 6.07) is 9.71. The van der Waals surface area contributed by atoms with Gasteiger partial charge in [-0.2, -0.15) is 5.10 Å². The summed E-state index contributed by atoms with van der Waals surface area (Å²) in [5.41, 5.74) is 3.87. The standard InChI is InChI=1S/C15H12FN3O3/c16-12-4-2-1-3-10(12)13-8-14(18-17-13)11-7-9(19(21)22)5-6-15(11)20/h1-7,13,17,20H,8H2/t13-/m0/s1. The first-order valence-electron chi connectivity index (χ1n) is 6.60. The van der Waals surface area contributed by atoms with Crippen LogP contribution in [0.3, 0.4) is 0 Å². The van der Waals surface area contributed by atoms with Gasteiger partial charge in [-0.15, -0.1) is 0 Å². The molecular formula is C15H12FN3O3. The number of halogens is 1. The molecule has 3 rings (SSSR count). The number of benzene rings is 2. The molecule has 2 aromatic rings. The molecule has 0 aliphatic carbocycles. The first-order valence-corrected chi connectivity index (χ1v) is 6.60. The highest BCUT2D eigenvalue weighted by molar-refractivity contribution is 6.04. The van der Waals surface area contributed by atoms with Crippen molar-refractivity contribution in [1.29, 1.82) is 0 Å². The zero-order valence-corrected chi connectivity index (χ0v) is 11.4. The molecule has 1 atom stereocenters. The minimum absolute atomic E-state index is 0.0969. The Morgan fingerprint density at radius 1 is 1.32 bits per heavy atom. The number of nitrogens with one attached hydrogen (secondary N) is 1. The zero-order valence-electron chi connectivity index (χ0n) is 11.4. The molecular weight excluding hydrogens is 289 g/mol. The molecule has 7 heteroatoms. The van der Waals surface area contributed by atoms with Crippen LogP contribution in [0.5, 0.6) is 5.75 Å². The molecule has 0 saturated carbocycles. The van der Waals surface area contributed by atoms with Gasteiger partial charge >= 0.3 is 0 Å². The van der Waals surface area contributed by atoms with Gasteiger partial charge in [-0.25, -0.2) is 4.39 Å². The number of hydrogen-bond donors (Lipinski definition) is 2. The number of phenolic OH excluding ortho intramolecular Hbond substituents is 1. The van der Waals surface area contributed by atoms with Gasteiger partial charge in [-0.1, -0.05) is 18.2 Å². The van der Waals surface area contributed by atoms with Crippen LogP contribution in [0, 0.1) is 15.9 Å². The maximum atomic E-state index is 13.8. The first kappa shape index (κ1) is 14.0. The van der Waals surface area contributed by atoms with Crippen LogP contribution >= 0.6 is 0 Å². The molecule has 1 aliphatic heterocycles. The normalized spacial score (nSPS) is 17.0. The number of non-ortho nitro benzene ring substituents is 1. The summed E-state index contributed by atoms with van der Waals surface area (Å²) in [5.74, 6) is -0.444. The van der Waals surface area contributed by atoms with E-state index in [4.69, 9.17) is 0 Å². The molecule has 6 nitrogen and oxygen atoms in total. The lowest BCUT2D eigenvalue weighted by atomic mass is 9.98. The van der Waals surface area contributed by atoms with Crippen molar-refractivity contribution < 1.29 is 14.4 Å². The molecule has 0 saturated heterocycles.